The number of furan rings is 1. The molecule has 3 rings (SSSR count). The maximum absolute atomic E-state index is 5.92. The van der Waals surface area contributed by atoms with Gasteiger partial charge in [-0.2, -0.15) is 0 Å². The van der Waals surface area contributed by atoms with Gasteiger partial charge in [0.2, 0.25) is 0 Å². The minimum Gasteiger partial charge on any atom is -0.489 e. The van der Waals surface area contributed by atoms with Crippen LogP contribution in [-0.4, -0.2) is 44.9 Å². The topological polar surface area (TPSA) is 68.0 Å². The van der Waals surface area contributed by atoms with Gasteiger partial charge in [-0.15, -0.1) is 24.0 Å². The predicted octanol–water partition coefficient (Wildman–Crippen LogP) is 4.13. The standard InChI is InChI=1S/C21H28ClN3O3.HI/c1-16(28-20-6-4-18(22)5-7-20)13-24-21(25-14-17-9-12-26-15-17)23-10-8-19-3-2-11-27-19;/h2-7,11,16-17H,8-10,12-15H2,1H3,(H2,23,24,25);1H. The van der Waals surface area contributed by atoms with E-state index in [0.717, 1.165) is 56.6 Å². The normalized spacial score (nSPS) is 17.4. The fourth-order valence-electron chi connectivity index (χ4n) is 2.92. The number of aliphatic imine (C=N–C) groups is 1. The Hall–Kier alpha value is -1.45. The largest absolute Gasteiger partial charge is 0.489 e. The van der Waals surface area contributed by atoms with Crippen molar-refractivity contribution in [3.8, 4) is 5.75 Å². The zero-order valence-electron chi connectivity index (χ0n) is 16.6. The number of rotatable bonds is 9. The molecule has 1 fully saturated rings. The molecule has 2 aromatic rings. The monoisotopic (exact) mass is 533 g/mol. The summed E-state index contributed by atoms with van der Waals surface area (Å²) in [5.74, 6) is 3.05. The average molecular weight is 534 g/mol. The van der Waals surface area contributed by atoms with Crippen molar-refractivity contribution >= 4 is 41.5 Å². The lowest BCUT2D eigenvalue weighted by Gasteiger charge is -2.17. The highest BCUT2D eigenvalue weighted by Gasteiger charge is 2.16. The summed E-state index contributed by atoms with van der Waals surface area (Å²) in [5, 5.41) is 7.49. The fourth-order valence-corrected chi connectivity index (χ4v) is 3.05. The number of halogens is 2. The molecule has 1 saturated heterocycles. The van der Waals surface area contributed by atoms with Crippen LogP contribution in [0.3, 0.4) is 0 Å². The quantitative estimate of drug-likeness (QED) is 0.288. The second-order valence-electron chi connectivity index (χ2n) is 6.94. The van der Waals surface area contributed by atoms with Crippen LogP contribution in [0.25, 0.3) is 0 Å². The second kappa shape index (κ2) is 13.0. The van der Waals surface area contributed by atoms with Gasteiger partial charge in [-0.3, -0.25) is 0 Å². The van der Waals surface area contributed by atoms with Crippen molar-refractivity contribution in [2.45, 2.75) is 25.9 Å². The third-order valence-corrected chi connectivity index (χ3v) is 4.74. The van der Waals surface area contributed by atoms with Crippen molar-refractivity contribution < 1.29 is 13.9 Å². The van der Waals surface area contributed by atoms with Gasteiger partial charge in [0.25, 0.3) is 0 Å². The molecule has 1 aliphatic heterocycles. The SMILES string of the molecule is CC(CN=C(NCCc1ccco1)NCC1CCOC1)Oc1ccc(Cl)cc1.I. The number of nitrogens with one attached hydrogen (secondary N) is 2. The van der Waals surface area contributed by atoms with Crippen LogP contribution < -0.4 is 15.4 Å². The lowest BCUT2D eigenvalue weighted by molar-refractivity contribution is 0.186. The van der Waals surface area contributed by atoms with Crippen LogP contribution in [0.1, 0.15) is 19.1 Å². The Kier molecular flexibility index (Phi) is 10.7. The Bertz CT molecular complexity index is 719. The molecule has 2 heterocycles. The zero-order valence-corrected chi connectivity index (χ0v) is 19.7. The van der Waals surface area contributed by atoms with Crippen molar-refractivity contribution in [3.63, 3.8) is 0 Å². The molecule has 0 saturated carbocycles. The summed E-state index contributed by atoms with van der Waals surface area (Å²) in [5.41, 5.74) is 0. The number of guanidine groups is 1. The minimum atomic E-state index is -0.0559. The van der Waals surface area contributed by atoms with Gasteiger partial charge in [-0.1, -0.05) is 11.6 Å². The smallest absolute Gasteiger partial charge is 0.191 e. The molecule has 0 aliphatic carbocycles. The van der Waals surface area contributed by atoms with Crippen LogP contribution in [0, 0.1) is 5.92 Å². The number of nitrogens with zero attached hydrogens (tertiary/aromatic N) is 1. The minimum absolute atomic E-state index is 0. The number of hydrogen-bond acceptors (Lipinski definition) is 4. The van der Waals surface area contributed by atoms with E-state index in [1.807, 2.05) is 43.3 Å². The molecule has 0 amide bonds. The Morgan fingerprint density at radius 1 is 1.28 bits per heavy atom. The molecule has 0 bridgehead atoms. The summed E-state index contributed by atoms with van der Waals surface area (Å²) in [6, 6.07) is 11.2. The van der Waals surface area contributed by atoms with Crippen LogP contribution in [0.4, 0.5) is 0 Å². The summed E-state index contributed by atoms with van der Waals surface area (Å²) in [6.07, 6.45) is 3.53. The van der Waals surface area contributed by atoms with E-state index < -0.39 is 0 Å². The third kappa shape index (κ3) is 8.84. The van der Waals surface area contributed by atoms with Crippen LogP contribution >= 0.6 is 35.6 Å². The van der Waals surface area contributed by atoms with Gasteiger partial charge in [0, 0.05) is 37.1 Å². The molecule has 8 heteroatoms. The zero-order chi connectivity index (χ0) is 19.6. The fraction of sp³-hybridized carbons (Fsp3) is 0.476. The Morgan fingerprint density at radius 3 is 2.79 bits per heavy atom. The van der Waals surface area contributed by atoms with Gasteiger partial charge in [0.05, 0.1) is 19.4 Å². The van der Waals surface area contributed by atoms with Crippen molar-refractivity contribution in [1.82, 2.24) is 10.6 Å². The Balaban J connectivity index is 0.00000300. The molecular weight excluding hydrogens is 505 g/mol. The molecule has 29 heavy (non-hydrogen) atoms. The van der Waals surface area contributed by atoms with Gasteiger partial charge in [-0.25, -0.2) is 4.99 Å². The first-order valence-corrected chi connectivity index (χ1v) is 10.1. The molecule has 2 N–H and O–H groups in total. The van der Waals surface area contributed by atoms with Gasteiger partial charge >= 0.3 is 0 Å². The lowest BCUT2D eigenvalue weighted by Crippen LogP contribution is -2.41. The molecule has 0 radical (unpaired) electrons. The first-order chi connectivity index (χ1) is 13.7. The number of ether oxygens (including phenoxy) is 2. The van der Waals surface area contributed by atoms with Crippen LogP contribution in [0.2, 0.25) is 5.02 Å². The van der Waals surface area contributed by atoms with E-state index in [1.165, 1.54) is 0 Å². The van der Waals surface area contributed by atoms with Gasteiger partial charge in [-0.05, 0) is 49.7 Å². The summed E-state index contributed by atoms with van der Waals surface area (Å²) in [7, 11) is 0. The summed E-state index contributed by atoms with van der Waals surface area (Å²) in [4.78, 5) is 4.69. The first kappa shape index (κ1) is 23.8. The van der Waals surface area contributed by atoms with E-state index in [-0.39, 0.29) is 30.1 Å². The van der Waals surface area contributed by atoms with Gasteiger partial charge < -0.3 is 24.5 Å². The van der Waals surface area contributed by atoms with E-state index >= 15 is 0 Å². The summed E-state index contributed by atoms with van der Waals surface area (Å²) >= 11 is 5.92. The van der Waals surface area contributed by atoms with Gasteiger partial charge in [0.15, 0.2) is 5.96 Å². The first-order valence-electron chi connectivity index (χ1n) is 9.73. The molecular formula is C21H29ClIN3O3. The lowest BCUT2D eigenvalue weighted by atomic mass is 10.1. The van der Waals surface area contributed by atoms with Crippen molar-refractivity contribution in [2.75, 3.05) is 32.8 Å². The molecule has 1 aromatic heterocycles. The van der Waals surface area contributed by atoms with Gasteiger partial charge in [0.1, 0.15) is 17.6 Å². The van der Waals surface area contributed by atoms with E-state index in [0.29, 0.717) is 17.5 Å². The average Bonchev–Trinajstić information content (AvgIpc) is 3.39. The molecule has 160 valence electrons. The van der Waals surface area contributed by atoms with E-state index in [1.54, 1.807) is 6.26 Å². The maximum Gasteiger partial charge on any atom is 0.191 e. The third-order valence-electron chi connectivity index (χ3n) is 4.48. The second-order valence-corrected chi connectivity index (χ2v) is 7.37. The molecule has 1 aromatic carbocycles. The predicted molar refractivity (Wildman–Crippen MR) is 127 cm³/mol. The molecule has 1 aliphatic rings. The highest BCUT2D eigenvalue weighted by molar-refractivity contribution is 14.0. The van der Waals surface area contributed by atoms with E-state index in [2.05, 4.69) is 15.6 Å². The summed E-state index contributed by atoms with van der Waals surface area (Å²) in [6.45, 7) is 5.79. The molecule has 0 spiro atoms. The Labute approximate surface area is 194 Å². The van der Waals surface area contributed by atoms with E-state index in [4.69, 9.17) is 25.5 Å². The van der Waals surface area contributed by atoms with Crippen molar-refractivity contribution in [3.05, 3.63) is 53.4 Å². The van der Waals surface area contributed by atoms with E-state index in [9.17, 15) is 0 Å². The molecule has 2 atom stereocenters. The highest BCUT2D eigenvalue weighted by atomic mass is 127. The van der Waals surface area contributed by atoms with Crippen LogP contribution in [-0.2, 0) is 11.2 Å². The van der Waals surface area contributed by atoms with Crippen LogP contribution in [0.5, 0.6) is 5.75 Å². The highest BCUT2D eigenvalue weighted by Crippen LogP contribution is 2.16. The molecule has 6 nitrogen and oxygen atoms in total. The van der Waals surface area contributed by atoms with Crippen molar-refractivity contribution in [1.29, 1.82) is 0 Å². The number of hydrogen-bond donors (Lipinski definition) is 2. The molecule has 2 unspecified atom stereocenters. The summed E-state index contributed by atoms with van der Waals surface area (Å²) < 4.78 is 16.7. The van der Waals surface area contributed by atoms with Crippen molar-refractivity contribution in [2.24, 2.45) is 10.9 Å². The van der Waals surface area contributed by atoms with Crippen LogP contribution in [0.15, 0.2) is 52.1 Å². The Morgan fingerprint density at radius 2 is 2.10 bits per heavy atom. The number of benzene rings is 1. The maximum atomic E-state index is 5.92.